The molecule has 0 atom stereocenters. The summed E-state index contributed by atoms with van der Waals surface area (Å²) in [5.41, 5.74) is 8.98. The van der Waals surface area contributed by atoms with Crippen molar-refractivity contribution in [1.29, 1.82) is 0 Å². The summed E-state index contributed by atoms with van der Waals surface area (Å²) in [5, 5.41) is 0. The highest BCUT2D eigenvalue weighted by molar-refractivity contribution is 8.93. The Morgan fingerprint density at radius 2 is 1.60 bits per heavy atom. The predicted octanol–water partition coefficient (Wildman–Crippen LogP) is 3.80. The van der Waals surface area contributed by atoms with E-state index in [1.54, 1.807) is 0 Å². The Balaban J connectivity index is 0.00000196. The highest BCUT2D eigenvalue weighted by Crippen LogP contribution is 2.28. The van der Waals surface area contributed by atoms with Gasteiger partial charge in [0, 0.05) is 5.54 Å². The third kappa shape index (κ3) is 3.05. The van der Waals surface area contributed by atoms with Crippen LogP contribution in [0.25, 0.3) is 0 Å². The molecule has 1 aromatic carbocycles. The van der Waals surface area contributed by atoms with Gasteiger partial charge in [0.15, 0.2) is 0 Å². The number of halogens is 1. The summed E-state index contributed by atoms with van der Waals surface area (Å²) in [6, 6.07) is 8.53. The van der Waals surface area contributed by atoms with Gasteiger partial charge in [0.05, 0.1) is 0 Å². The molecule has 1 rings (SSSR count). The topological polar surface area (TPSA) is 26.0 Å². The van der Waals surface area contributed by atoms with Crippen molar-refractivity contribution in [3.63, 3.8) is 0 Å². The summed E-state index contributed by atoms with van der Waals surface area (Å²) >= 11 is 0. The van der Waals surface area contributed by atoms with Gasteiger partial charge in [0.1, 0.15) is 0 Å². The number of aryl methyl sites for hydroxylation is 1. The van der Waals surface area contributed by atoms with Gasteiger partial charge in [-0.2, -0.15) is 0 Å². The number of hydrogen-bond acceptors (Lipinski definition) is 1. The zero-order valence-corrected chi connectivity index (χ0v) is 11.6. The first-order valence-electron chi connectivity index (χ1n) is 5.55. The molecule has 0 fully saturated rings. The zero-order valence-electron chi connectivity index (χ0n) is 9.92. The summed E-state index contributed by atoms with van der Waals surface area (Å²) in [5.74, 6) is 0. The molecule has 0 aromatic heterocycles. The fraction of sp³-hybridized carbons (Fsp3) is 0.538. The van der Waals surface area contributed by atoms with Gasteiger partial charge in [-0.25, -0.2) is 0 Å². The Kier molecular flexibility index (Phi) is 6.15. The van der Waals surface area contributed by atoms with Gasteiger partial charge in [0.25, 0.3) is 0 Å². The van der Waals surface area contributed by atoms with Crippen molar-refractivity contribution in [2.45, 2.75) is 45.6 Å². The zero-order chi connectivity index (χ0) is 10.6. The molecule has 0 saturated carbocycles. The monoisotopic (exact) mass is 271 g/mol. The smallest absolute Gasteiger partial charge is 0.0407 e. The van der Waals surface area contributed by atoms with Gasteiger partial charge in [-0.05, 0) is 30.4 Å². The summed E-state index contributed by atoms with van der Waals surface area (Å²) in [6.07, 6.45) is 3.07. The Hall–Kier alpha value is -0.340. The van der Waals surface area contributed by atoms with Crippen LogP contribution in [0.4, 0.5) is 0 Å². The molecule has 1 aromatic rings. The van der Waals surface area contributed by atoms with Crippen LogP contribution < -0.4 is 5.73 Å². The van der Waals surface area contributed by atoms with Crippen LogP contribution in [0.15, 0.2) is 24.3 Å². The first-order chi connectivity index (χ1) is 6.68. The van der Waals surface area contributed by atoms with E-state index in [2.05, 4.69) is 45.0 Å². The van der Waals surface area contributed by atoms with Gasteiger partial charge >= 0.3 is 0 Å². The first-order valence-corrected chi connectivity index (χ1v) is 5.55. The Labute approximate surface area is 104 Å². The van der Waals surface area contributed by atoms with E-state index >= 15 is 0 Å². The lowest BCUT2D eigenvalue weighted by Gasteiger charge is -2.29. The van der Waals surface area contributed by atoms with Crippen LogP contribution in [0.3, 0.4) is 0 Å². The second-order valence-electron chi connectivity index (χ2n) is 3.87. The Morgan fingerprint density at radius 1 is 1.07 bits per heavy atom. The molecule has 86 valence electrons. The van der Waals surface area contributed by atoms with Gasteiger partial charge in [-0.1, -0.05) is 45.0 Å². The first kappa shape index (κ1) is 14.7. The van der Waals surface area contributed by atoms with Crippen molar-refractivity contribution in [3.8, 4) is 0 Å². The molecule has 0 heterocycles. The van der Waals surface area contributed by atoms with E-state index < -0.39 is 0 Å². The van der Waals surface area contributed by atoms with E-state index in [-0.39, 0.29) is 22.5 Å². The Morgan fingerprint density at radius 3 is 2.07 bits per heavy atom. The van der Waals surface area contributed by atoms with Crippen molar-refractivity contribution >= 4 is 17.0 Å². The minimum Gasteiger partial charge on any atom is -0.321 e. The molecule has 2 heteroatoms. The molecule has 0 radical (unpaired) electrons. The molecule has 0 saturated heterocycles. The van der Waals surface area contributed by atoms with Gasteiger partial charge in [0.2, 0.25) is 0 Å². The number of rotatable bonds is 4. The van der Waals surface area contributed by atoms with Crippen LogP contribution in [0.2, 0.25) is 0 Å². The summed E-state index contributed by atoms with van der Waals surface area (Å²) < 4.78 is 0. The molecule has 0 bridgehead atoms. The van der Waals surface area contributed by atoms with E-state index in [0.717, 1.165) is 19.3 Å². The summed E-state index contributed by atoms with van der Waals surface area (Å²) in [7, 11) is 0. The SMILES string of the molecule is Br.CCc1ccccc1C(N)(CC)CC. The van der Waals surface area contributed by atoms with Gasteiger partial charge < -0.3 is 5.73 Å². The maximum atomic E-state index is 6.39. The molecular formula is C13H22BrN. The summed E-state index contributed by atoms with van der Waals surface area (Å²) in [6.45, 7) is 6.51. The van der Waals surface area contributed by atoms with Crippen LogP contribution in [-0.4, -0.2) is 0 Å². The molecule has 0 unspecified atom stereocenters. The molecule has 0 aliphatic carbocycles. The van der Waals surface area contributed by atoms with Crippen molar-refractivity contribution in [1.82, 2.24) is 0 Å². The van der Waals surface area contributed by atoms with Crippen molar-refractivity contribution in [2.24, 2.45) is 5.73 Å². The average Bonchev–Trinajstić information content (AvgIpc) is 2.28. The van der Waals surface area contributed by atoms with E-state index in [9.17, 15) is 0 Å². The third-order valence-electron chi connectivity index (χ3n) is 3.20. The predicted molar refractivity (Wildman–Crippen MR) is 72.6 cm³/mol. The molecule has 0 aliphatic heterocycles. The quantitative estimate of drug-likeness (QED) is 0.886. The normalized spacial score (nSPS) is 10.9. The van der Waals surface area contributed by atoms with Crippen molar-refractivity contribution < 1.29 is 0 Å². The number of benzene rings is 1. The molecule has 0 aliphatic rings. The fourth-order valence-electron chi connectivity index (χ4n) is 1.95. The third-order valence-corrected chi connectivity index (χ3v) is 3.20. The highest BCUT2D eigenvalue weighted by atomic mass is 79.9. The van der Waals surface area contributed by atoms with Gasteiger partial charge in [-0.15, -0.1) is 17.0 Å². The standard InChI is InChI=1S/C13H21N.BrH/c1-4-11-9-7-8-10-12(11)13(14,5-2)6-3;/h7-10H,4-6,14H2,1-3H3;1H. The minimum absolute atomic E-state index is 0. The Bertz CT molecular complexity index is 292. The lowest BCUT2D eigenvalue weighted by atomic mass is 9.82. The van der Waals surface area contributed by atoms with E-state index in [1.165, 1.54) is 11.1 Å². The van der Waals surface area contributed by atoms with E-state index in [1.807, 2.05) is 0 Å². The fourth-order valence-corrected chi connectivity index (χ4v) is 1.95. The van der Waals surface area contributed by atoms with Crippen LogP contribution in [0.5, 0.6) is 0 Å². The molecular weight excluding hydrogens is 250 g/mol. The second-order valence-corrected chi connectivity index (χ2v) is 3.87. The van der Waals surface area contributed by atoms with Crippen LogP contribution >= 0.6 is 17.0 Å². The number of nitrogens with two attached hydrogens (primary N) is 1. The highest BCUT2D eigenvalue weighted by Gasteiger charge is 2.24. The van der Waals surface area contributed by atoms with Crippen molar-refractivity contribution in [3.05, 3.63) is 35.4 Å². The van der Waals surface area contributed by atoms with E-state index in [4.69, 9.17) is 5.73 Å². The molecule has 0 spiro atoms. The van der Waals surface area contributed by atoms with Crippen LogP contribution in [-0.2, 0) is 12.0 Å². The molecule has 15 heavy (non-hydrogen) atoms. The van der Waals surface area contributed by atoms with Gasteiger partial charge in [-0.3, -0.25) is 0 Å². The number of hydrogen-bond donors (Lipinski definition) is 1. The molecule has 1 nitrogen and oxygen atoms in total. The maximum Gasteiger partial charge on any atom is 0.0407 e. The van der Waals surface area contributed by atoms with Crippen LogP contribution in [0.1, 0.15) is 44.7 Å². The second kappa shape index (κ2) is 6.29. The largest absolute Gasteiger partial charge is 0.321 e. The average molecular weight is 272 g/mol. The minimum atomic E-state index is -0.132. The van der Waals surface area contributed by atoms with Crippen LogP contribution in [0, 0.1) is 0 Å². The lowest BCUT2D eigenvalue weighted by molar-refractivity contribution is 0.409. The molecule has 0 amide bonds. The van der Waals surface area contributed by atoms with Crippen molar-refractivity contribution in [2.75, 3.05) is 0 Å². The van der Waals surface area contributed by atoms with E-state index in [0.29, 0.717) is 0 Å². The lowest BCUT2D eigenvalue weighted by Crippen LogP contribution is -2.36. The molecule has 2 N–H and O–H groups in total. The maximum absolute atomic E-state index is 6.39. The summed E-state index contributed by atoms with van der Waals surface area (Å²) in [4.78, 5) is 0.